The number of nitrogens with zero attached hydrogens (tertiary/aromatic N) is 1. The molecule has 1 unspecified atom stereocenters. The third-order valence-corrected chi connectivity index (χ3v) is 5.41. The summed E-state index contributed by atoms with van der Waals surface area (Å²) in [5, 5.41) is 2.69. The standard InChI is InChI=1S/C24H28N2O7/c1-15-5-7-18(8-6-15)26-13-17(10-23(26)28)24(29)33-14-22(27)25-12-16-9-20(31-3)21(32-4)11-19(16)30-2/h5-9,11,17H,10,12-14H2,1-4H3,(H,25,27). The minimum Gasteiger partial charge on any atom is -0.496 e. The maximum atomic E-state index is 12.4. The summed E-state index contributed by atoms with van der Waals surface area (Å²) in [6, 6.07) is 10.9. The quantitative estimate of drug-likeness (QED) is 0.577. The number of benzene rings is 2. The molecule has 0 aliphatic carbocycles. The average molecular weight is 456 g/mol. The van der Waals surface area contributed by atoms with Gasteiger partial charge in [-0.25, -0.2) is 0 Å². The van der Waals surface area contributed by atoms with Crippen LogP contribution in [0.2, 0.25) is 0 Å². The molecule has 176 valence electrons. The van der Waals surface area contributed by atoms with Crippen molar-refractivity contribution in [3.8, 4) is 17.2 Å². The molecule has 2 aromatic carbocycles. The highest BCUT2D eigenvalue weighted by molar-refractivity contribution is 5.99. The maximum Gasteiger partial charge on any atom is 0.311 e. The molecule has 9 heteroatoms. The van der Waals surface area contributed by atoms with Crippen LogP contribution in [0.1, 0.15) is 17.5 Å². The molecular formula is C24H28N2O7. The lowest BCUT2D eigenvalue weighted by atomic mass is 10.1. The van der Waals surface area contributed by atoms with Crippen molar-refractivity contribution in [2.75, 3.05) is 39.4 Å². The van der Waals surface area contributed by atoms with Crippen molar-refractivity contribution in [3.05, 3.63) is 47.5 Å². The summed E-state index contributed by atoms with van der Waals surface area (Å²) in [4.78, 5) is 38.6. The third-order valence-electron chi connectivity index (χ3n) is 5.41. The van der Waals surface area contributed by atoms with Crippen molar-refractivity contribution in [1.82, 2.24) is 5.32 Å². The van der Waals surface area contributed by atoms with Gasteiger partial charge in [0.25, 0.3) is 5.91 Å². The Bertz CT molecular complexity index is 1020. The minimum absolute atomic E-state index is 0.0527. The number of aryl methyl sites for hydroxylation is 1. The van der Waals surface area contributed by atoms with E-state index in [-0.39, 0.29) is 25.4 Å². The lowest BCUT2D eigenvalue weighted by Crippen LogP contribution is -2.31. The molecule has 0 aromatic heterocycles. The van der Waals surface area contributed by atoms with Crippen LogP contribution in [0.25, 0.3) is 0 Å². The van der Waals surface area contributed by atoms with Gasteiger partial charge in [-0.3, -0.25) is 14.4 Å². The first-order chi connectivity index (χ1) is 15.9. The molecule has 1 aliphatic rings. The lowest BCUT2D eigenvalue weighted by molar-refractivity contribution is -0.152. The molecule has 2 amide bonds. The topological polar surface area (TPSA) is 103 Å². The van der Waals surface area contributed by atoms with Crippen LogP contribution < -0.4 is 24.4 Å². The number of anilines is 1. The molecule has 1 atom stereocenters. The Kier molecular flexibility index (Phi) is 7.76. The highest BCUT2D eigenvalue weighted by atomic mass is 16.5. The summed E-state index contributed by atoms with van der Waals surface area (Å²) < 4.78 is 21.0. The number of nitrogens with one attached hydrogen (secondary N) is 1. The van der Waals surface area contributed by atoms with Gasteiger partial charge in [0.05, 0.1) is 27.2 Å². The maximum absolute atomic E-state index is 12.4. The Balaban J connectivity index is 1.51. The second kappa shape index (κ2) is 10.7. The zero-order valence-electron chi connectivity index (χ0n) is 19.2. The number of amides is 2. The number of hydrogen-bond acceptors (Lipinski definition) is 7. The van der Waals surface area contributed by atoms with Crippen molar-refractivity contribution >= 4 is 23.5 Å². The summed E-state index contributed by atoms with van der Waals surface area (Å²) in [6.07, 6.45) is 0.0527. The van der Waals surface area contributed by atoms with Gasteiger partial charge in [0.15, 0.2) is 18.1 Å². The summed E-state index contributed by atoms with van der Waals surface area (Å²) in [6.45, 7) is 1.89. The summed E-state index contributed by atoms with van der Waals surface area (Å²) in [5.74, 6) is -0.284. The van der Waals surface area contributed by atoms with Crippen LogP contribution in [-0.2, 0) is 25.7 Å². The van der Waals surface area contributed by atoms with Gasteiger partial charge in [0.2, 0.25) is 5.91 Å². The van der Waals surface area contributed by atoms with E-state index in [9.17, 15) is 14.4 Å². The van der Waals surface area contributed by atoms with Gasteiger partial charge in [-0.1, -0.05) is 17.7 Å². The van der Waals surface area contributed by atoms with E-state index in [1.54, 1.807) is 17.0 Å². The van der Waals surface area contributed by atoms with Gasteiger partial charge in [-0.05, 0) is 25.1 Å². The van der Waals surface area contributed by atoms with Crippen LogP contribution in [0.15, 0.2) is 36.4 Å². The number of methoxy groups -OCH3 is 3. The van der Waals surface area contributed by atoms with E-state index in [4.69, 9.17) is 18.9 Å². The first kappa shape index (κ1) is 23.9. The van der Waals surface area contributed by atoms with Crippen LogP contribution in [-0.4, -0.2) is 52.3 Å². The van der Waals surface area contributed by atoms with E-state index < -0.39 is 24.4 Å². The molecule has 0 radical (unpaired) electrons. The predicted octanol–water partition coefficient (Wildman–Crippen LogP) is 2.23. The summed E-state index contributed by atoms with van der Waals surface area (Å²) in [7, 11) is 4.54. The molecule has 0 spiro atoms. The first-order valence-corrected chi connectivity index (χ1v) is 10.5. The molecule has 1 fully saturated rings. The first-order valence-electron chi connectivity index (χ1n) is 10.5. The van der Waals surface area contributed by atoms with E-state index >= 15 is 0 Å². The Morgan fingerprint density at radius 3 is 2.27 bits per heavy atom. The fourth-order valence-corrected chi connectivity index (χ4v) is 3.57. The molecule has 1 N–H and O–H groups in total. The van der Waals surface area contributed by atoms with Crippen LogP contribution in [0.3, 0.4) is 0 Å². The monoisotopic (exact) mass is 456 g/mol. The van der Waals surface area contributed by atoms with Crippen molar-refractivity contribution in [1.29, 1.82) is 0 Å². The van der Waals surface area contributed by atoms with Crippen LogP contribution in [0.5, 0.6) is 17.2 Å². The number of hydrogen-bond donors (Lipinski definition) is 1. The van der Waals surface area contributed by atoms with Gasteiger partial charge in [-0.2, -0.15) is 0 Å². The fourth-order valence-electron chi connectivity index (χ4n) is 3.57. The fraction of sp³-hybridized carbons (Fsp3) is 0.375. The summed E-state index contributed by atoms with van der Waals surface area (Å²) >= 11 is 0. The Hall–Kier alpha value is -3.75. The number of carbonyl (C=O) groups is 3. The Morgan fingerprint density at radius 2 is 1.64 bits per heavy atom. The molecule has 9 nitrogen and oxygen atoms in total. The molecule has 33 heavy (non-hydrogen) atoms. The molecule has 1 heterocycles. The summed E-state index contributed by atoms with van der Waals surface area (Å²) in [5.41, 5.74) is 2.49. The molecular weight excluding hydrogens is 428 g/mol. The van der Waals surface area contributed by atoms with E-state index in [0.717, 1.165) is 11.3 Å². The van der Waals surface area contributed by atoms with Gasteiger partial charge >= 0.3 is 5.97 Å². The highest BCUT2D eigenvalue weighted by Gasteiger charge is 2.36. The second-order valence-electron chi connectivity index (χ2n) is 7.64. The lowest BCUT2D eigenvalue weighted by Gasteiger charge is -2.17. The SMILES string of the molecule is COc1cc(OC)c(OC)cc1CNC(=O)COC(=O)C1CC(=O)N(c2ccc(C)cc2)C1. The molecule has 2 aromatic rings. The van der Waals surface area contributed by atoms with Crippen molar-refractivity contribution in [3.63, 3.8) is 0 Å². The van der Waals surface area contributed by atoms with Crippen molar-refractivity contribution < 1.29 is 33.3 Å². The van der Waals surface area contributed by atoms with Crippen molar-refractivity contribution in [2.45, 2.75) is 19.9 Å². The second-order valence-corrected chi connectivity index (χ2v) is 7.64. The molecule has 0 bridgehead atoms. The largest absolute Gasteiger partial charge is 0.496 e. The van der Waals surface area contributed by atoms with E-state index in [1.165, 1.54) is 21.3 Å². The van der Waals surface area contributed by atoms with E-state index in [0.29, 0.717) is 22.8 Å². The highest BCUT2D eigenvalue weighted by Crippen LogP contribution is 2.34. The molecule has 1 aliphatic heterocycles. The van der Waals surface area contributed by atoms with Gasteiger partial charge < -0.3 is 29.2 Å². The average Bonchev–Trinajstić information content (AvgIpc) is 3.22. The normalized spacial score (nSPS) is 15.2. The van der Waals surface area contributed by atoms with E-state index in [1.807, 2.05) is 31.2 Å². The predicted molar refractivity (Wildman–Crippen MR) is 121 cm³/mol. The number of carbonyl (C=O) groups excluding carboxylic acids is 3. The Morgan fingerprint density at radius 1 is 1.00 bits per heavy atom. The smallest absolute Gasteiger partial charge is 0.311 e. The molecule has 1 saturated heterocycles. The number of esters is 1. The van der Waals surface area contributed by atoms with Gasteiger partial charge in [0.1, 0.15) is 5.75 Å². The number of ether oxygens (including phenoxy) is 4. The zero-order valence-corrected chi connectivity index (χ0v) is 19.2. The third kappa shape index (κ3) is 5.74. The van der Waals surface area contributed by atoms with Crippen LogP contribution >= 0.6 is 0 Å². The minimum atomic E-state index is -0.613. The van der Waals surface area contributed by atoms with Crippen molar-refractivity contribution in [2.24, 2.45) is 5.92 Å². The van der Waals surface area contributed by atoms with Crippen LogP contribution in [0, 0.1) is 12.8 Å². The van der Waals surface area contributed by atoms with Gasteiger partial charge in [0, 0.05) is 36.8 Å². The number of rotatable bonds is 9. The van der Waals surface area contributed by atoms with Gasteiger partial charge in [-0.15, -0.1) is 0 Å². The zero-order chi connectivity index (χ0) is 24.0. The molecule has 3 rings (SSSR count). The molecule has 0 saturated carbocycles. The van der Waals surface area contributed by atoms with E-state index in [2.05, 4.69) is 5.32 Å². The Labute approximate surface area is 192 Å². The van der Waals surface area contributed by atoms with Crippen LogP contribution in [0.4, 0.5) is 5.69 Å².